The predicted octanol–water partition coefficient (Wildman–Crippen LogP) is 3.36. The summed E-state index contributed by atoms with van der Waals surface area (Å²) in [5.74, 6) is 0. The van der Waals surface area contributed by atoms with Crippen LogP contribution in [-0.4, -0.2) is 35.6 Å². The summed E-state index contributed by atoms with van der Waals surface area (Å²) in [5.41, 5.74) is 2.14. The molecule has 1 aliphatic rings. The zero-order chi connectivity index (χ0) is 15.5. The molecule has 0 aromatic carbocycles. The predicted molar refractivity (Wildman–Crippen MR) is 88.4 cm³/mol. The Morgan fingerprint density at radius 3 is 3.09 bits per heavy atom. The molecule has 2 aromatic rings. The smallest absolute Gasteiger partial charge is 0.318 e. The third-order valence-electron chi connectivity index (χ3n) is 3.62. The number of carbonyl (C=O) groups excluding carboxylic acids is 1. The van der Waals surface area contributed by atoms with E-state index in [1.54, 1.807) is 22.7 Å². The van der Waals surface area contributed by atoms with Crippen molar-refractivity contribution in [2.75, 3.05) is 19.7 Å². The van der Waals surface area contributed by atoms with E-state index in [9.17, 15) is 4.79 Å². The minimum Gasteiger partial charge on any atom is -0.370 e. The number of thiazole rings is 1. The molecule has 118 valence electrons. The van der Waals surface area contributed by atoms with Gasteiger partial charge < -0.3 is 15.0 Å². The van der Waals surface area contributed by atoms with E-state index >= 15 is 0 Å². The van der Waals surface area contributed by atoms with Gasteiger partial charge in [0.15, 0.2) is 0 Å². The highest BCUT2D eigenvalue weighted by atomic mass is 32.1. The van der Waals surface area contributed by atoms with Gasteiger partial charge in [-0.15, -0.1) is 11.3 Å². The average molecular weight is 337 g/mol. The average Bonchev–Trinajstić information content (AvgIpc) is 3.18. The SMILES string of the molecule is Cc1csc([C@H](C)NC(=O)N2CCO[C@H](c3ccsc3)C2)n1. The molecule has 1 N–H and O–H groups in total. The van der Waals surface area contributed by atoms with Gasteiger partial charge in [-0.05, 0) is 36.2 Å². The Labute approximate surface area is 137 Å². The molecule has 5 nitrogen and oxygen atoms in total. The molecular formula is C15H19N3O2S2. The standard InChI is InChI=1S/C15H19N3O2S2/c1-10-8-22-14(16-10)11(2)17-15(19)18-4-5-20-13(7-18)12-3-6-21-9-12/h3,6,8-9,11,13H,4-5,7H2,1-2H3,(H,17,19)/t11-,13-/m0/s1. The number of rotatable bonds is 3. The lowest BCUT2D eigenvalue weighted by Gasteiger charge is -2.33. The Hall–Kier alpha value is -1.44. The van der Waals surface area contributed by atoms with Crippen LogP contribution >= 0.6 is 22.7 Å². The van der Waals surface area contributed by atoms with Crippen molar-refractivity contribution in [1.82, 2.24) is 15.2 Å². The molecule has 2 atom stereocenters. The Morgan fingerprint density at radius 2 is 2.41 bits per heavy atom. The monoisotopic (exact) mass is 337 g/mol. The third-order valence-corrected chi connectivity index (χ3v) is 5.46. The second kappa shape index (κ2) is 6.76. The molecule has 0 saturated carbocycles. The second-order valence-corrected chi connectivity index (χ2v) is 7.03. The Balaban J connectivity index is 1.59. The zero-order valence-corrected chi connectivity index (χ0v) is 14.2. The summed E-state index contributed by atoms with van der Waals surface area (Å²) in [5, 5.41) is 10.1. The number of aryl methyl sites for hydroxylation is 1. The quantitative estimate of drug-likeness (QED) is 0.934. The first-order valence-electron chi connectivity index (χ1n) is 7.24. The van der Waals surface area contributed by atoms with E-state index in [2.05, 4.69) is 21.7 Å². The van der Waals surface area contributed by atoms with Crippen molar-refractivity contribution >= 4 is 28.7 Å². The molecule has 1 fully saturated rings. The number of urea groups is 1. The number of morpholine rings is 1. The fraction of sp³-hybridized carbons (Fsp3) is 0.467. The molecule has 0 radical (unpaired) electrons. The van der Waals surface area contributed by atoms with Gasteiger partial charge in [-0.3, -0.25) is 0 Å². The summed E-state index contributed by atoms with van der Waals surface area (Å²) in [6, 6.07) is 1.93. The van der Waals surface area contributed by atoms with Crippen LogP contribution in [0.25, 0.3) is 0 Å². The molecular weight excluding hydrogens is 318 g/mol. The molecule has 0 bridgehead atoms. The van der Waals surface area contributed by atoms with Crippen molar-refractivity contribution < 1.29 is 9.53 Å². The molecule has 2 aromatic heterocycles. The maximum Gasteiger partial charge on any atom is 0.318 e. The number of hydrogen-bond acceptors (Lipinski definition) is 5. The largest absolute Gasteiger partial charge is 0.370 e. The summed E-state index contributed by atoms with van der Waals surface area (Å²) in [6.45, 7) is 5.70. The summed E-state index contributed by atoms with van der Waals surface area (Å²) in [7, 11) is 0. The van der Waals surface area contributed by atoms with E-state index in [0.29, 0.717) is 19.7 Å². The van der Waals surface area contributed by atoms with Gasteiger partial charge in [-0.2, -0.15) is 11.3 Å². The normalized spacial score (nSPS) is 19.9. The lowest BCUT2D eigenvalue weighted by Crippen LogP contribution is -2.47. The van der Waals surface area contributed by atoms with Crippen LogP contribution in [0.5, 0.6) is 0 Å². The van der Waals surface area contributed by atoms with E-state index in [-0.39, 0.29) is 18.2 Å². The van der Waals surface area contributed by atoms with Crippen molar-refractivity contribution in [3.05, 3.63) is 38.5 Å². The van der Waals surface area contributed by atoms with Gasteiger partial charge in [-0.1, -0.05) is 0 Å². The lowest BCUT2D eigenvalue weighted by molar-refractivity contribution is -0.0155. The molecule has 0 aliphatic carbocycles. The van der Waals surface area contributed by atoms with Crippen LogP contribution < -0.4 is 5.32 Å². The highest BCUT2D eigenvalue weighted by molar-refractivity contribution is 7.09. The highest BCUT2D eigenvalue weighted by Gasteiger charge is 2.26. The summed E-state index contributed by atoms with van der Waals surface area (Å²) < 4.78 is 5.77. The van der Waals surface area contributed by atoms with E-state index in [1.165, 1.54) is 0 Å². The van der Waals surface area contributed by atoms with Crippen LogP contribution in [0.4, 0.5) is 4.79 Å². The number of aromatic nitrogens is 1. The van der Waals surface area contributed by atoms with Crippen molar-refractivity contribution in [2.24, 2.45) is 0 Å². The fourth-order valence-corrected chi connectivity index (χ4v) is 3.91. The first kappa shape index (κ1) is 15.5. The topological polar surface area (TPSA) is 54.5 Å². The maximum absolute atomic E-state index is 12.4. The molecule has 3 rings (SSSR count). The number of nitrogens with one attached hydrogen (secondary N) is 1. The number of ether oxygens (including phenoxy) is 1. The molecule has 1 aliphatic heterocycles. The van der Waals surface area contributed by atoms with E-state index < -0.39 is 0 Å². The summed E-state index contributed by atoms with van der Waals surface area (Å²) >= 11 is 3.22. The van der Waals surface area contributed by atoms with Crippen LogP contribution in [0, 0.1) is 6.92 Å². The van der Waals surface area contributed by atoms with Crippen LogP contribution in [0.3, 0.4) is 0 Å². The number of carbonyl (C=O) groups is 1. The van der Waals surface area contributed by atoms with Gasteiger partial charge in [0, 0.05) is 17.6 Å². The van der Waals surface area contributed by atoms with Gasteiger partial charge in [-0.25, -0.2) is 9.78 Å². The lowest BCUT2D eigenvalue weighted by atomic mass is 10.1. The summed E-state index contributed by atoms with van der Waals surface area (Å²) in [4.78, 5) is 18.7. The minimum atomic E-state index is -0.0753. The maximum atomic E-state index is 12.4. The van der Waals surface area contributed by atoms with Crippen molar-refractivity contribution in [1.29, 1.82) is 0 Å². The molecule has 3 heterocycles. The van der Waals surface area contributed by atoms with Gasteiger partial charge in [0.25, 0.3) is 0 Å². The Bertz CT molecular complexity index is 627. The van der Waals surface area contributed by atoms with E-state index in [0.717, 1.165) is 16.3 Å². The molecule has 7 heteroatoms. The van der Waals surface area contributed by atoms with Crippen molar-refractivity contribution in [2.45, 2.75) is 26.0 Å². The van der Waals surface area contributed by atoms with Gasteiger partial charge in [0.05, 0.1) is 19.2 Å². The Kier molecular flexibility index (Phi) is 4.75. The van der Waals surface area contributed by atoms with E-state index in [4.69, 9.17) is 4.74 Å². The van der Waals surface area contributed by atoms with Crippen LogP contribution in [0.2, 0.25) is 0 Å². The third kappa shape index (κ3) is 3.48. The first-order valence-corrected chi connectivity index (χ1v) is 9.07. The molecule has 22 heavy (non-hydrogen) atoms. The van der Waals surface area contributed by atoms with Crippen LogP contribution in [0.15, 0.2) is 22.2 Å². The molecule has 1 saturated heterocycles. The van der Waals surface area contributed by atoms with Gasteiger partial charge in [0.2, 0.25) is 0 Å². The number of amides is 2. The van der Waals surface area contributed by atoms with Crippen LogP contribution in [0.1, 0.15) is 35.3 Å². The molecule has 2 amide bonds. The van der Waals surface area contributed by atoms with Crippen molar-refractivity contribution in [3.63, 3.8) is 0 Å². The zero-order valence-electron chi connectivity index (χ0n) is 12.6. The number of thiophene rings is 1. The summed E-state index contributed by atoms with van der Waals surface area (Å²) in [6.07, 6.45) is -0.0248. The minimum absolute atomic E-state index is 0.0248. The second-order valence-electron chi connectivity index (χ2n) is 5.36. The first-order chi connectivity index (χ1) is 10.6. The highest BCUT2D eigenvalue weighted by Crippen LogP contribution is 2.24. The fourth-order valence-electron chi connectivity index (χ4n) is 2.40. The molecule has 0 spiro atoms. The van der Waals surface area contributed by atoms with Gasteiger partial charge in [0.1, 0.15) is 11.1 Å². The van der Waals surface area contributed by atoms with Crippen LogP contribution in [-0.2, 0) is 4.74 Å². The van der Waals surface area contributed by atoms with Gasteiger partial charge >= 0.3 is 6.03 Å². The Morgan fingerprint density at radius 1 is 1.55 bits per heavy atom. The number of hydrogen-bond donors (Lipinski definition) is 1. The van der Waals surface area contributed by atoms with E-state index in [1.807, 2.05) is 29.5 Å². The number of nitrogens with zero attached hydrogens (tertiary/aromatic N) is 2. The van der Waals surface area contributed by atoms with Crippen molar-refractivity contribution in [3.8, 4) is 0 Å². The molecule has 0 unspecified atom stereocenters.